The zero-order chi connectivity index (χ0) is 25.2. The van der Waals surface area contributed by atoms with Crippen LogP contribution < -0.4 is 0 Å². The van der Waals surface area contributed by atoms with E-state index < -0.39 is 0 Å². The molecule has 0 radical (unpaired) electrons. The fourth-order valence-corrected chi connectivity index (χ4v) is 9.25. The molecule has 1 aliphatic heterocycles. The van der Waals surface area contributed by atoms with Crippen LogP contribution in [0, 0.1) is 22.7 Å². The Morgan fingerprint density at radius 3 is 1.92 bits per heavy atom. The van der Waals surface area contributed by atoms with Crippen molar-refractivity contribution in [1.29, 1.82) is 5.26 Å². The molecule has 1 saturated carbocycles. The van der Waals surface area contributed by atoms with Crippen LogP contribution >= 0.6 is 23.5 Å². The lowest BCUT2D eigenvalue weighted by Crippen LogP contribution is -2.25. The summed E-state index contributed by atoms with van der Waals surface area (Å²) in [7, 11) is 0. The summed E-state index contributed by atoms with van der Waals surface area (Å²) in [6.07, 6.45) is 14.7. The maximum absolute atomic E-state index is 9.95. The van der Waals surface area contributed by atoms with Crippen molar-refractivity contribution in [3.8, 4) is 17.2 Å². The lowest BCUT2D eigenvalue weighted by molar-refractivity contribution is 0.223. The van der Waals surface area contributed by atoms with Gasteiger partial charge >= 0.3 is 0 Å². The molecule has 36 heavy (non-hydrogen) atoms. The van der Waals surface area contributed by atoms with Crippen LogP contribution in [0.25, 0.3) is 11.1 Å². The minimum atomic E-state index is -0.0593. The normalized spacial score (nSPS) is 26.4. The van der Waals surface area contributed by atoms with Gasteiger partial charge in [0.25, 0.3) is 0 Å². The van der Waals surface area contributed by atoms with E-state index in [4.69, 9.17) is 0 Å². The van der Waals surface area contributed by atoms with Crippen molar-refractivity contribution >= 4 is 23.5 Å². The predicted molar refractivity (Wildman–Crippen MR) is 161 cm³/mol. The highest BCUT2D eigenvalue weighted by atomic mass is 32.2. The van der Waals surface area contributed by atoms with Crippen molar-refractivity contribution in [2.75, 3.05) is 11.5 Å². The molecule has 194 valence electrons. The van der Waals surface area contributed by atoms with Crippen molar-refractivity contribution in [2.45, 2.75) is 101 Å². The third-order valence-corrected chi connectivity index (χ3v) is 11.8. The van der Waals surface area contributed by atoms with Crippen molar-refractivity contribution < 1.29 is 0 Å². The van der Waals surface area contributed by atoms with Gasteiger partial charge < -0.3 is 0 Å². The second-order valence-corrected chi connectivity index (χ2v) is 13.8. The molecule has 1 nitrogen and oxygen atoms in total. The van der Waals surface area contributed by atoms with E-state index in [0.717, 1.165) is 38.0 Å². The molecule has 0 amide bonds. The number of hydrogen-bond donors (Lipinski definition) is 0. The summed E-state index contributed by atoms with van der Waals surface area (Å²) in [5, 5.41) is 9.95. The molecule has 2 aromatic rings. The van der Waals surface area contributed by atoms with Gasteiger partial charge in [-0.3, -0.25) is 0 Å². The van der Waals surface area contributed by atoms with Crippen LogP contribution in [0.3, 0.4) is 0 Å². The Morgan fingerprint density at radius 1 is 0.778 bits per heavy atom. The lowest BCUT2D eigenvalue weighted by atomic mass is 9.67. The van der Waals surface area contributed by atoms with Gasteiger partial charge in [0, 0.05) is 0 Å². The maximum Gasteiger partial charge on any atom is 0.0751 e. The van der Waals surface area contributed by atoms with Gasteiger partial charge in [-0.2, -0.15) is 5.26 Å². The smallest absolute Gasteiger partial charge is 0.0751 e. The first kappa shape index (κ1) is 27.7. The number of rotatable bonds is 11. The fraction of sp³-hybridized carbons (Fsp3) is 0.606. The minimum Gasteiger partial charge on any atom is -0.198 e. The number of benzene rings is 2. The Labute approximate surface area is 229 Å². The first-order valence-electron chi connectivity index (χ1n) is 14.5. The number of nitrogens with zero attached hydrogens (tertiary/aromatic N) is 1. The number of unbranched alkanes of at least 4 members (excludes halogenated alkanes) is 4. The highest BCUT2D eigenvalue weighted by Gasteiger charge is 2.35. The first-order chi connectivity index (χ1) is 17.7. The van der Waals surface area contributed by atoms with Crippen LogP contribution in [0.5, 0.6) is 0 Å². The van der Waals surface area contributed by atoms with Gasteiger partial charge in [0.15, 0.2) is 0 Å². The van der Waals surface area contributed by atoms with E-state index >= 15 is 0 Å². The number of hydrogen-bond acceptors (Lipinski definition) is 3. The Kier molecular flexibility index (Phi) is 10.7. The summed E-state index contributed by atoms with van der Waals surface area (Å²) >= 11 is 4.27. The maximum atomic E-state index is 9.95. The highest BCUT2D eigenvalue weighted by molar-refractivity contribution is 8.16. The van der Waals surface area contributed by atoms with E-state index in [9.17, 15) is 5.26 Å². The molecule has 3 heteroatoms. The van der Waals surface area contributed by atoms with Gasteiger partial charge in [-0.15, -0.1) is 23.5 Å². The van der Waals surface area contributed by atoms with Gasteiger partial charge in [0.05, 0.1) is 16.1 Å². The topological polar surface area (TPSA) is 23.8 Å². The van der Waals surface area contributed by atoms with Gasteiger partial charge in [-0.05, 0) is 84.1 Å². The largest absolute Gasteiger partial charge is 0.198 e. The first-order valence-corrected chi connectivity index (χ1v) is 16.6. The fourth-order valence-electron chi connectivity index (χ4n) is 6.08. The second kappa shape index (κ2) is 14.0. The Bertz CT molecular complexity index is 943. The summed E-state index contributed by atoms with van der Waals surface area (Å²) in [6, 6.07) is 21.4. The zero-order valence-electron chi connectivity index (χ0n) is 22.5. The minimum absolute atomic E-state index is 0.0593. The molecule has 1 saturated heterocycles. The number of nitriles is 1. The van der Waals surface area contributed by atoms with Crippen molar-refractivity contribution in [3.05, 3.63) is 59.7 Å². The summed E-state index contributed by atoms with van der Waals surface area (Å²) in [4.78, 5) is 0. The van der Waals surface area contributed by atoms with E-state index in [1.165, 1.54) is 78.7 Å². The summed E-state index contributed by atoms with van der Waals surface area (Å²) in [5.74, 6) is 4.13. The third kappa shape index (κ3) is 7.35. The Balaban J connectivity index is 1.28. The van der Waals surface area contributed by atoms with Gasteiger partial charge in [0.1, 0.15) is 0 Å². The molecule has 0 unspecified atom stereocenters. The van der Waals surface area contributed by atoms with Gasteiger partial charge in [-0.25, -0.2) is 0 Å². The molecule has 1 heterocycles. The lowest BCUT2D eigenvalue weighted by Gasteiger charge is -2.35. The van der Waals surface area contributed by atoms with E-state index in [1.54, 1.807) is 0 Å². The molecule has 0 aromatic heterocycles. The highest BCUT2D eigenvalue weighted by Crippen LogP contribution is 2.47. The standard InChI is InChI=1S/C33H45NS2/c1-3-5-6-7-8-20-33(25-34)21-18-30(19-22-33)29-12-10-27(11-13-29)28-14-16-31(17-15-28)32-35-23-26(9-4-2)24-36-32/h10-17,26,30,32H,3-9,18-24H2,1-2H3. The SMILES string of the molecule is CCCCCCCC1(C#N)CCC(c2ccc(-c3ccc(C4SCC(CCC)CS4)cc3)cc2)CC1. The summed E-state index contributed by atoms with van der Waals surface area (Å²) in [5.41, 5.74) is 5.49. The average molecular weight is 520 g/mol. The summed E-state index contributed by atoms with van der Waals surface area (Å²) < 4.78 is 0.595. The molecule has 1 aliphatic carbocycles. The van der Waals surface area contributed by atoms with Crippen LogP contribution in [0.1, 0.15) is 113 Å². The molecule has 4 rings (SSSR count). The van der Waals surface area contributed by atoms with Crippen molar-refractivity contribution in [1.82, 2.24) is 0 Å². The summed E-state index contributed by atoms with van der Waals surface area (Å²) in [6.45, 7) is 4.57. The number of thioether (sulfide) groups is 2. The molecule has 0 N–H and O–H groups in total. The molecule has 0 spiro atoms. The Morgan fingerprint density at radius 2 is 1.36 bits per heavy atom. The molecule has 0 atom stereocenters. The zero-order valence-corrected chi connectivity index (χ0v) is 24.1. The van der Waals surface area contributed by atoms with Crippen LogP contribution in [0.2, 0.25) is 0 Å². The molecular weight excluding hydrogens is 475 g/mol. The molecule has 2 aliphatic rings. The van der Waals surface area contributed by atoms with E-state index in [0.29, 0.717) is 10.5 Å². The molecule has 2 fully saturated rings. The van der Waals surface area contributed by atoms with Crippen LogP contribution in [-0.4, -0.2) is 11.5 Å². The van der Waals surface area contributed by atoms with Crippen LogP contribution in [0.15, 0.2) is 48.5 Å². The average Bonchev–Trinajstić information content (AvgIpc) is 2.94. The second-order valence-electron chi connectivity index (χ2n) is 11.2. The monoisotopic (exact) mass is 519 g/mol. The van der Waals surface area contributed by atoms with Crippen LogP contribution in [-0.2, 0) is 0 Å². The van der Waals surface area contributed by atoms with Crippen molar-refractivity contribution in [3.63, 3.8) is 0 Å². The van der Waals surface area contributed by atoms with Crippen LogP contribution in [0.4, 0.5) is 0 Å². The molecular formula is C33H45NS2. The molecule has 0 bridgehead atoms. The van der Waals surface area contributed by atoms with E-state index in [-0.39, 0.29) is 5.41 Å². The van der Waals surface area contributed by atoms with Gasteiger partial charge in [-0.1, -0.05) is 101 Å². The van der Waals surface area contributed by atoms with Crippen molar-refractivity contribution in [2.24, 2.45) is 11.3 Å². The molecule has 2 aromatic carbocycles. The predicted octanol–water partition coefficient (Wildman–Crippen LogP) is 10.8. The van der Waals surface area contributed by atoms with E-state index in [1.807, 2.05) is 0 Å². The van der Waals surface area contributed by atoms with E-state index in [2.05, 4.69) is 92.0 Å². The van der Waals surface area contributed by atoms with Gasteiger partial charge in [0.2, 0.25) is 0 Å². The quantitative estimate of drug-likeness (QED) is 0.276. The third-order valence-electron chi connectivity index (χ3n) is 8.50. The Hall–Kier alpha value is -1.37.